The number of unbranched alkanes of at least 4 members (excludes halogenated alkanes) is 1. The van der Waals surface area contributed by atoms with Gasteiger partial charge < -0.3 is 46.5 Å². The lowest BCUT2D eigenvalue weighted by atomic mass is 9.85. The van der Waals surface area contributed by atoms with E-state index in [4.69, 9.17) is 15.2 Å². The Hall–Kier alpha value is -8.52. The summed E-state index contributed by atoms with van der Waals surface area (Å²) >= 11 is 1.57. The maximum Gasteiger partial charge on any atom is 0.407 e. The van der Waals surface area contributed by atoms with Gasteiger partial charge in [-0.25, -0.2) is 9.78 Å². The molecule has 7 N–H and O–H groups in total. The highest BCUT2D eigenvalue weighted by Gasteiger charge is 2.46. The van der Waals surface area contributed by atoms with E-state index in [9.17, 15) is 38.7 Å². The Kier molecular flexibility index (Phi) is 19.7. The molecule has 1 fully saturated rings. The van der Waals surface area contributed by atoms with E-state index < -0.39 is 77.6 Å². The van der Waals surface area contributed by atoms with Gasteiger partial charge in [-0.1, -0.05) is 148 Å². The number of anilines is 1. The van der Waals surface area contributed by atoms with Crippen LogP contribution in [0.1, 0.15) is 123 Å². The third-order valence-electron chi connectivity index (χ3n) is 17.2. The highest BCUT2D eigenvalue weighted by molar-refractivity contribution is 7.13. The number of para-hydroxylation sites is 1. The number of benzene rings is 5. The van der Waals surface area contributed by atoms with E-state index in [0.29, 0.717) is 31.4 Å². The third kappa shape index (κ3) is 14.6. The number of likely N-dealkylation sites (tertiary alicyclic amines) is 1. The first-order valence-electron chi connectivity index (χ1n) is 30.4. The number of alkyl carbamates (subject to hydrolysis) is 1. The summed E-state index contributed by atoms with van der Waals surface area (Å²) in [5, 5.41) is 22.5. The molecule has 10 rings (SSSR count). The lowest BCUT2D eigenvalue weighted by molar-refractivity contribution is -0.144. The first kappa shape index (κ1) is 62.5. The molecule has 0 saturated carbocycles. The van der Waals surface area contributed by atoms with Crippen molar-refractivity contribution in [1.29, 1.82) is 0 Å². The van der Waals surface area contributed by atoms with Gasteiger partial charge in [0, 0.05) is 44.7 Å². The monoisotopic (exact) mass is 1210 g/mol. The lowest BCUT2D eigenvalue weighted by Gasteiger charge is -2.35. The smallest absolute Gasteiger partial charge is 0.407 e. The van der Waals surface area contributed by atoms with Crippen molar-refractivity contribution in [2.24, 2.45) is 11.1 Å². The number of aliphatic hydroxyl groups is 1. The van der Waals surface area contributed by atoms with Gasteiger partial charge in [-0.15, -0.1) is 11.3 Å². The molecule has 460 valence electrons. The number of hydrogen-bond donors (Lipinski definition) is 6. The summed E-state index contributed by atoms with van der Waals surface area (Å²) in [5.74, 6) is -2.60. The van der Waals surface area contributed by atoms with Gasteiger partial charge in [0.25, 0.3) is 0 Å². The van der Waals surface area contributed by atoms with E-state index in [1.165, 1.54) is 9.80 Å². The summed E-state index contributed by atoms with van der Waals surface area (Å²) in [5.41, 5.74) is 18.2. The number of aromatic nitrogens is 1. The fraction of sp³-hybridized carbons (Fsp3) is 0.391. The molecular weight excluding hydrogens is 1130 g/mol. The van der Waals surface area contributed by atoms with E-state index in [-0.39, 0.29) is 76.1 Å². The van der Waals surface area contributed by atoms with Crippen molar-refractivity contribution in [3.05, 3.63) is 171 Å². The summed E-state index contributed by atoms with van der Waals surface area (Å²) in [6, 6.07) is 33.2. The zero-order valence-electron chi connectivity index (χ0n) is 50.5. The second kappa shape index (κ2) is 27.7. The second-order valence-electron chi connectivity index (χ2n) is 24.5. The minimum absolute atomic E-state index is 0.00922. The molecule has 5 aromatic carbocycles. The average molecular weight is 1210 g/mol. The first-order valence-corrected chi connectivity index (χ1v) is 31.2. The second-order valence-corrected chi connectivity index (χ2v) is 25.4. The number of hydrogen-bond acceptors (Lipinski definition) is 12. The van der Waals surface area contributed by atoms with E-state index in [1.807, 2.05) is 155 Å². The van der Waals surface area contributed by atoms with Crippen molar-refractivity contribution < 1.29 is 48.1 Å². The number of carbonyl (C=O) groups is 7. The quantitative estimate of drug-likeness (QED) is 0.0332. The number of fused-ring (bicyclic) bond motifs is 3. The van der Waals surface area contributed by atoms with Crippen LogP contribution in [0.4, 0.5) is 10.5 Å². The number of allylic oxidation sites excluding steroid dienone is 1. The summed E-state index contributed by atoms with van der Waals surface area (Å²) in [4.78, 5) is 104. The predicted octanol–water partition coefficient (Wildman–Crippen LogP) is 8.58. The summed E-state index contributed by atoms with van der Waals surface area (Å²) in [6.07, 6.45) is 4.40. The van der Waals surface area contributed by atoms with Crippen molar-refractivity contribution in [3.63, 3.8) is 0 Å². The number of β-amino-alcohol motifs (C(OH)–C–C–N with tert-alkyl or cyclic N) is 1. The fourth-order valence-corrected chi connectivity index (χ4v) is 13.3. The molecule has 3 aliphatic heterocycles. The molecule has 7 amide bonds. The number of thiazole rings is 1. The van der Waals surface area contributed by atoms with Crippen LogP contribution in [0.15, 0.2) is 127 Å². The molecule has 0 bridgehead atoms. The van der Waals surface area contributed by atoms with E-state index in [2.05, 4.69) is 38.4 Å². The topological polar surface area (TPSA) is 252 Å². The molecule has 0 spiro atoms. The normalized spacial score (nSPS) is 18.8. The molecule has 7 atom stereocenters. The van der Waals surface area contributed by atoms with Crippen LogP contribution in [-0.2, 0) is 64.2 Å². The Morgan fingerprint density at radius 3 is 2.22 bits per heavy atom. The molecule has 4 heterocycles. The molecule has 6 aromatic rings. The van der Waals surface area contributed by atoms with Gasteiger partial charge in [-0.3, -0.25) is 33.7 Å². The van der Waals surface area contributed by atoms with E-state index in [0.717, 1.165) is 66.2 Å². The summed E-state index contributed by atoms with van der Waals surface area (Å²) < 4.78 is 12.2. The minimum Gasteiger partial charge on any atom is -0.449 e. The van der Waals surface area contributed by atoms with E-state index >= 15 is 0 Å². The summed E-state index contributed by atoms with van der Waals surface area (Å²) in [6.45, 7) is 9.88. The maximum absolute atomic E-state index is 14.6. The highest BCUT2D eigenvalue weighted by Crippen LogP contribution is 2.45. The molecule has 0 radical (unpaired) electrons. The Morgan fingerprint density at radius 1 is 0.841 bits per heavy atom. The average Bonchev–Trinajstić information content (AvgIpc) is 2.01. The van der Waals surface area contributed by atoms with Gasteiger partial charge >= 0.3 is 6.09 Å². The molecule has 18 nitrogen and oxygen atoms in total. The standard InChI is InChI=1S/C69H78N8O10S/c1-41-62(88-40-72-41)47-28-26-44(27-29-47)36-71-64(81)57-35-49(78)37-76(57)67(84)63(69(3,4)5)75-60(80)21-8-6-7-14-43-22-24-45(25-23-43)38-86-42(2)55(32-33-59(70)79)73-65(82)58-34-48-16-13-15-46-30-31-56(66(83)77(58)61(46)48)74-68(85)87-39-54-52-19-11-9-17-50(52)51-18-10-12-20-53(51)54/h7,9-20,22-29,40,42,49,54-58,63,78H,6,8,21,30-39H2,1-5H3,(H2,70,79)(H,71,81)(H,73,82)(H,74,85)(H,75,80)/b14-7+/t42-,49-,55+,56+,57+,58+,63-/m1/s1. The van der Waals surface area contributed by atoms with Gasteiger partial charge in [0.05, 0.1) is 46.6 Å². The number of amides is 7. The highest BCUT2D eigenvalue weighted by atomic mass is 32.1. The van der Waals surface area contributed by atoms with Gasteiger partial charge in [0.15, 0.2) is 0 Å². The third-order valence-corrected chi connectivity index (χ3v) is 18.2. The number of nitrogens with one attached hydrogen (secondary N) is 4. The van der Waals surface area contributed by atoms with Crippen LogP contribution in [-0.4, -0.2) is 112 Å². The number of primary amides is 1. The Labute approximate surface area is 517 Å². The number of ether oxygens (including phenoxy) is 2. The molecule has 1 aromatic heterocycles. The zero-order chi connectivity index (χ0) is 62.2. The van der Waals surface area contributed by atoms with Crippen LogP contribution in [0.25, 0.3) is 27.6 Å². The van der Waals surface area contributed by atoms with Crippen molar-refractivity contribution in [2.75, 3.05) is 18.1 Å². The Bertz CT molecular complexity index is 3530. The largest absolute Gasteiger partial charge is 0.449 e. The van der Waals surface area contributed by atoms with Crippen molar-refractivity contribution in [3.8, 4) is 21.6 Å². The molecule has 4 aliphatic rings. The number of nitrogens with zero attached hydrogens (tertiary/aromatic N) is 3. The number of carbonyl (C=O) groups excluding carboxylic acids is 7. The molecule has 1 saturated heterocycles. The number of aryl methyl sites for hydroxylation is 2. The number of nitrogens with two attached hydrogens (primary N) is 1. The number of rotatable bonds is 23. The van der Waals surface area contributed by atoms with Crippen LogP contribution in [0.2, 0.25) is 0 Å². The zero-order valence-corrected chi connectivity index (χ0v) is 51.3. The molecule has 1 aliphatic carbocycles. The van der Waals surface area contributed by atoms with Crippen molar-refractivity contribution in [1.82, 2.24) is 31.2 Å². The molecule has 0 unspecified atom stereocenters. The van der Waals surface area contributed by atoms with Crippen LogP contribution >= 0.6 is 11.3 Å². The van der Waals surface area contributed by atoms with Crippen molar-refractivity contribution in [2.45, 2.75) is 154 Å². The predicted molar refractivity (Wildman–Crippen MR) is 337 cm³/mol. The van der Waals surface area contributed by atoms with Gasteiger partial charge in [-0.05, 0) is 107 Å². The van der Waals surface area contributed by atoms with Crippen LogP contribution in [0, 0.1) is 12.3 Å². The lowest BCUT2D eigenvalue weighted by Crippen LogP contribution is -2.57. The molecule has 19 heteroatoms. The van der Waals surface area contributed by atoms with Crippen LogP contribution < -0.4 is 31.9 Å². The van der Waals surface area contributed by atoms with E-state index in [1.54, 1.807) is 11.3 Å². The summed E-state index contributed by atoms with van der Waals surface area (Å²) in [7, 11) is 0. The van der Waals surface area contributed by atoms with Gasteiger partial charge in [-0.2, -0.15) is 0 Å². The Morgan fingerprint density at radius 2 is 1.53 bits per heavy atom. The fourth-order valence-electron chi connectivity index (χ4n) is 12.4. The molecule has 88 heavy (non-hydrogen) atoms. The first-order chi connectivity index (χ1) is 42.3. The minimum atomic E-state index is -0.956. The maximum atomic E-state index is 14.6. The Balaban J connectivity index is 0.684. The SMILES string of the molecule is Cc1ncsc1-c1ccc(CNC(=O)[C@@H]2C[C@@H](O)CN2C(=O)[C@@H](NC(=O)CCC/C=C/c2ccc(CO[C@H](C)[C@H](CCC(N)=O)NC(=O)[C@@H]3Cc4cccc5c4N3C(=O)[C@@H](NC(=O)OCC3c4ccccc4-c4ccccc43)CC5)cc2)C(C)(C)C)cc1. The molecular formula is C69H78N8O10S. The van der Waals surface area contributed by atoms with Gasteiger partial charge in [0.1, 0.15) is 30.8 Å². The number of aliphatic hydroxyl groups excluding tert-OH is 1. The van der Waals surface area contributed by atoms with Gasteiger partial charge in [0.2, 0.25) is 35.4 Å². The van der Waals surface area contributed by atoms with Crippen LogP contribution in [0.5, 0.6) is 0 Å². The van der Waals surface area contributed by atoms with Crippen molar-refractivity contribution >= 4 is 64.6 Å². The van der Waals surface area contributed by atoms with Crippen LogP contribution in [0.3, 0.4) is 0 Å².